The lowest BCUT2D eigenvalue weighted by atomic mass is 9.89. The zero-order chi connectivity index (χ0) is 17.3. The second kappa shape index (κ2) is 6.44. The van der Waals surface area contributed by atoms with Crippen LogP contribution in [0.2, 0.25) is 0 Å². The number of hydrogen-bond acceptors (Lipinski definition) is 2. The minimum Gasteiger partial charge on any atom is -0.487 e. The van der Waals surface area contributed by atoms with E-state index in [0.29, 0.717) is 5.11 Å². The fourth-order valence-corrected chi connectivity index (χ4v) is 3.41. The normalized spacial score (nSPS) is 18.2. The molecule has 1 heterocycles. The Morgan fingerprint density at radius 3 is 2.62 bits per heavy atom. The molecule has 1 aliphatic heterocycles. The van der Waals surface area contributed by atoms with Gasteiger partial charge in [0.1, 0.15) is 11.4 Å². The molecule has 4 heteroatoms. The molecule has 1 atom stereocenters. The molecule has 24 heavy (non-hydrogen) atoms. The number of aryl methyl sites for hydroxylation is 2. The molecule has 2 aromatic carbocycles. The largest absolute Gasteiger partial charge is 0.487 e. The molecule has 0 unspecified atom stereocenters. The van der Waals surface area contributed by atoms with Crippen LogP contribution >= 0.6 is 12.2 Å². The van der Waals surface area contributed by atoms with Crippen LogP contribution in [0, 0.1) is 13.8 Å². The van der Waals surface area contributed by atoms with Gasteiger partial charge in [-0.15, -0.1) is 0 Å². The van der Waals surface area contributed by atoms with Gasteiger partial charge >= 0.3 is 0 Å². The quantitative estimate of drug-likeness (QED) is 0.763. The molecule has 1 aliphatic rings. The van der Waals surface area contributed by atoms with E-state index >= 15 is 0 Å². The van der Waals surface area contributed by atoms with E-state index in [-0.39, 0.29) is 11.6 Å². The molecule has 3 nitrogen and oxygen atoms in total. The van der Waals surface area contributed by atoms with Crippen LogP contribution < -0.4 is 15.4 Å². The van der Waals surface area contributed by atoms with Crippen LogP contribution in [0.25, 0.3) is 0 Å². The summed E-state index contributed by atoms with van der Waals surface area (Å²) in [6, 6.07) is 14.6. The van der Waals surface area contributed by atoms with E-state index in [1.54, 1.807) is 0 Å². The van der Waals surface area contributed by atoms with Crippen molar-refractivity contribution < 1.29 is 4.74 Å². The van der Waals surface area contributed by atoms with E-state index in [9.17, 15) is 0 Å². The summed E-state index contributed by atoms with van der Waals surface area (Å²) in [6.07, 6.45) is 0.860. The van der Waals surface area contributed by atoms with Crippen molar-refractivity contribution in [1.29, 1.82) is 0 Å². The first-order valence-electron chi connectivity index (χ1n) is 8.26. The summed E-state index contributed by atoms with van der Waals surface area (Å²) < 4.78 is 6.12. The lowest BCUT2D eigenvalue weighted by Gasteiger charge is -2.38. The zero-order valence-corrected chi connectivity index (χ0v) is 15.5. The molecule has 0 aliphatic carbocycles. The molecule has 2 N–H and O–H groups in total. The van der Waals surface area contributed by atoms with Gasteiger partial charge in [-0.25, -0.2) is 0 Å². The summed E-state index contributed by atoms with van der Waals surface area (Å²) >= 11 is 5.53. The Hall–Kier alpha value is -2.07. The summed E-state index contributed by atoms with van der Waals surface area (Å²) in [6.45, 7) is 8.39. The van der Waals surface area contributed by atoms with Gasteiger partial charge in [0.15, 0.2) is 5.11 Å². The maximum Gasteiger partial charge on any atom is 0.171 e. The molecule has 2 aromatic rings. The van der Waals surface area contributed by atoms with Crippen LogP contribution in [0.3, 0.4) is 0 Å². The Morgan fingerprint density at radius 2 is 1.88 bits per heavy atom. The Kier molecular flexibility index (Phi) is 4.50. The highest BCUT2D eigenvalue weighted by Gasteiger charge is 2.34. The minimum absolute atomic E-state index is 0.133. The van der Waals surface area contributed by atoms with Crippen molar-refractivity contribution in [2.75, 3.05) is 5.32 Å². The second-order valence-corrected chi connectivity index (χ2v) is 7.54. The average molecular weight is 340 g/mol. The highest BCUT2D eigenvalue weighted by molar-refractivity contribution is 7.80. The van der Waals surface area contributed by atoms with E-state index in [2.05, 4.69) is 68.7 Å². The monoisotopic (exact) mass is 340 g/mol. The number of hydrogen-bond donors (Lipinski definition) is 2. The van der Waals surface area contributed by atoms with E-state index in [1.807, 2.05) is 12.1 Å². The minimum atomic E-state index is -0.223. The first-order valence-corrected chi connectivity index (χ1v) is 8.67. The maximum atomic E-state index is 6.12. The number of nitrogens with one attached hydrogen (secondary N) is 2. The number of thiocarbonyl (C=S) groups is 1. The van der Waals surface area contributed by atoms with E-state index < -0.39 is 0 Å². The summed E-state index contributed by atoms with van der Waals surface area (Å²) in [5, 5.41) is 7.38. The van der Waals surface area contributed by atoms with Crippen molar-refractivity contribution >= 4 is 23.0 Å². The SMILES string of the molecule is Cc1cccc(NC(=S)N[C@H]2CC(C)(C)Oc3ccc(C)cc32)c1. The second-order valence-electron chi connectivity index (χ2n) is 7.13. The van der Waals surface area contributed by atoms with E-state index in [0.717, 1.165) is 17.9 Å². The predicted octanol–water partition coefficient (Wildman–Crippen LogP) is 4.89. The van der Waals surface area contributed by atoms with E-state index in [4.69, 9.17) is 17.0 Å². The molecule has 0 spiro atoms. The maximum absolute atomic E-state index is 6.12. The first kappa shape index (κ1) is 16.8. The number of rotatable bonds is 2. The van der Waals surface area contributed by atoms with Crippen molar-refractivity contribution in [3.05, 3.63) is 59.2 Å². The molecule has 0 bridgehead atoms. The average Bonchev–Trinajstić information content (AvgIpc) is 2.47. The molecule has 0 radical (unpaired) electrons. The third-order valence-corrected chi connectivity index (χ3v) is 4.42. The lowest BCUT2D eigenvalue weighted by Crippen LogP contribution is -2.42. The van der Waals surface area contributed by atoms with Gasteiger partial charge in [-0.2, -0.15) is 0 Å². The van der Waals surface area contributed by atoms with Gasteiger partial charge in [0.25, 0.3) is 0 Å². The summed E-state index contributed by atoms with van der Waals surface area (Å²) in [5.41, 5.74) is 4.38. The third kappa shape index (κ3) is 3.88. The van der Waals surface area contributed by atoms with Gasteiger partial charge in [-0.1, -0.05) is 29.8 Å². The Balaban J connectivity index is 1.79. The van der Waals surface area contributed by atoms with Gasteiger partial charge in [0.2, 0.25) is 0 Å². The molecular formula is C20H24N2OS. The van der Waals surface area contributed by atoms with Crippen LogP contribution in [0.1, 0.15) is 43.0 Å². The predicted molar refractivity (Wildman–Crippen MR) is 104 cm³/mol. The Morgan fingerprint density at radius 1 is 1.12 bits per heavy atom. The van der Waals surface area contributed by atoms with Crippen molar-refractivity contribution in [3.8, 4) is 5.75 Å². The number of anilines is 1. The van der Waals surface area contributed by atoms with Crippen LogP contribution in [0.15, 0.2) is 42.5 Å². The van der Waals surface area contributed by atoms with Crippen LogP contribution in [-0.2, 0) is 0 Å². The van der Waals surface area contributed by atoms with Crippen molar-refractivity contribution in [1.82, 2.24) is 5.32 Å². The van der Waals surface area contributed by atoms with Gasteiger partial charge in [-0.3, -0.25) is 0 Å². The smallest absolute Gasteiger partial charge is 0.171 e. The standard InChI is InChI=1S/C20H24N2OS/c1-13-6-5-7-15(10-13)21-19(24)22-17-12-20(3,4)23-18-9-8-14(2)11-16(17)18/h5-11,17H,12H2,1-4H3,(H2,21,22,24)/t17-/m0/s1. The van der Waals surface area contributed by atoms with Crippen LogP contribution in [0.5, 0.6) is 5.75 Å². The summed E-state index contributed by atoms with van der Waals surface area (Å²) in [4.78, 5) is 0. The first-order chi connectivity index (χ1) is 11.3. The molecule has 0 saturated carbocycles. The van der Waals surface area contributed by atoms with Crippen LogP contribution in [0.4, 0.5) is 5.69 Å². The molecule has 0 fully saturated rings. The van der Waals surface area contributed by atoms with Crippen molar-refractivity contribution in [3.63, 3.8) is 0 Å². The highest BCUT2D eigenvalue weighted by atomic mass is 32.1. The summed E-state index contributed by atoms with van der Waals surface area (Å²) in [5.74, 6) is 0.938. The molecular weight excluding hydrogens is 316 g/mol. The number of ether oxygens (including phenoxy) is 1. The fraction of sp³-hybridized carbons (Fsp3) is 0.350. The van der Waals surface area contributed by atoms with Crippen molar-refractivity contribution in [2.24, 2.45) is 0 Å². The molecule has 0 aromatic heterocycles. The van der Waals surface area contributed by atoms with Crippen molar-refractivity contribution in [2.45, 2.75) is 45.8 Å². The lowest BCUT2D eigenvalue weighted by molar-refractivity contribution is 0.0696. The van der Waals surface area contributed by atoms with Gasteiger partial charge in [-0.05, 0) is 63.7 Å². The Labute approximate surface area is 149 Å². The fourth-order valence-electron chi connectivity index (χ4n) is 3.15. The topological polar surface area (TPSA) is 33.3 Å². The number of benzene rings is 2. The third-order valence-electron chi connectivity index (χ3n) is 4.20. The molecule has 0 saturated heterocycles. The number of fused-ring (bicyclic) bond motifs is 1. The van der Waals surface area contributed by atoms with Gasteiger partial charge < -0.3 is 15.4 Å². The summed E-state index contributed by atoms with van der Waals surface area (Å²) in [7, 11) is 0. The molecule has 126 valence electrons. The van der Waals surface area contributed by atoms with Gasteiger partial charge in [0.05, 0.1) is 6.04 Å². The molecule has 0 amide bonds. The van der Waals surface area contributed by atoms with Gasteiger partial charge in [0, 0.05) is 17.7 Å². The molecule has 3 rings (SSSR count). The highest BCUT2D eigenvalue weighted by Crippen LogP contribution is 2.39. The van der Waals surface area contributed by atoms with E-state index in [1.165, 1.54) is 16.7 Å². The Bertz CT molecular complexity index is 770. The van der Waals surface area contributed by atoms with Crippen LogP contribution in [-0.4, -0.2) is 10.7 Å². The zero-order valence-electron chi connectivity index (χ0n) is 14.6.